The zero-order valence-corrected chi connectivity index (χ0v) is 18.3. The number of pyridine rings is 1. The Labute approximate surface area is 192 Å². The number of alkyl halides is 3. The number of hydrogen-bond acceptors (Lipinski definition) is 8. The van der Waals surface area contributed by atoms with Gasteiger partial charge in [0.1, 0.15) is 17.6 Å². The minimum atomic E-state index is -4.45. The second-order valence-corrected chi connectivity index (χ2v) is 9.41. The molecule has 0 amide bonds. The molecule has 3 aromatic rings. The largest absolute Gasteiger partial charge is 0.422 e. The van der Waals surface area contributed by atoms with E-state index in [4.69, 9.17) is 9.15 Å². The molecule has 11 heteroatoms. The van der Waals surface area contributed by atoms with Crippen molar-refractivity contribution in [3.63, 3.8) is 0 Å². The van der Waals surface area contributed by atoms with E-state index in [0.717, 1.165) is 6.54 Å². The van der Waals surface area contributed by atoms with Gasteiger partial charge in [-0.25, -0.2) is 0 Å². The van der Waals surface area contributed by atoms with Gasteiger partial charge in [-0.1, -0.05) is 0 Å². The summed E-state index contributed by atoms with van der Waals surface area (Å²) in [5, 5.41) is 18.2. The molecular formula is C23H21F3N6O2. The molecule has 3 fully saturated rings. The predicted octanol–water partition coefficient (Wildman–Crippen LogP) is 3.20. The summed E-state index contributed by atoms with van der Waals surface area (Å²) in [7, 11) is 1.94. The van der Waals surface area contributed by atoms with Crippen molar-refractivity contribution in [2.75, 3.05) is 44.7 Å². The Morgan fingerprint density at radius 3 is 2.82 bits per heavy atom. The van der Waals surface area contributed by atoms with Crippen LogP contribution in [0, 0.1) is 16.7 Å². The monoisotopic (exact) mass is 470 g/mol. The fourth-order valence-corrected chi connectivity index (χ4v) is 5.58. The maximum atomic E-state index is 14.4. The first-order chi connectivity index (χ1) is 16.3. The highest BCUT2D eigenvalue weighted by Crippen LogP contribution is 2.75. The van der Waals surface area contributed by atoms with Gasteiger partial charge >= 0.3 is 6.18 Å². The van der Waals surface area contributed by atoms with Crippen LogP contribution in [0.15, 0.2) is 34.9 Å². The normalized spacial score (nSPS) is 29.3. The highest BCUT2D eigenvalue weighted by molar-refractivity contribution is 5.95. The van der Waals surface area contributed by atoms with Crippen LogP contribution in [0.1, 0.15) is 29.9 Å². The van der Waals surface area contributed by atoms with E-state index in [9.17, 15) is 18.4 Å². The van der Waals surface area contributed by atoms with E-state index in [2.05, 4.69) is 26.2 Å². The molecule has 2 aliphatic heterocycles. The maximum Gasteiger partial charge on any atom is 0.397 e. The van der Waals surface area contributed by atoms with E-state index in [-0.39, 0.29) is 31.3 Å². The summed E-state index contributed by atoms with van der Waals surface area (Å²) in [5.41, 5.74) is -1.84. The number of aromatic nitrogens is 3. The van der Waals surface area contributed by atoms with Gasteiger partial charge in [-0.05, 0) is 37.7 Å². The number of hydrogen-bond donors (Lipinski definition) is 0. The number of fused-ring (bicyclic) bond motifs is 2. The number of anilines is 1. The number of rotatable bonds is 3. The van der Waals surface area contributed by atoms with Crippen LogP contribution in [0.3, 0.4) is 0 Å². The molecule has 6 rings (SSSR count). The van der Waals surface area contributed by atoms with Gasteiger partial charge in [0, 0.05) is 43.4 Å². The quantitative estimate of drug-likeness (QED) is 0.577. The first-order valence-corrected chi connectivity index (χ1v) is 11.0. The van der Waals surface area contributed by atoms with Crippen LogP contribution in [0.25, 0.3) is 10.9 Å². The molecule has 8 nitrogen and oxygen atoms in total. The first kappa shape index (κ1) is 21.3. The van der Waals surface area contributed by atoms with E-state index in [1.807, 2.05) is 7.05 Å². The second kappa shape index (κ2) is 7.13. The summed E-state index contributed by atoms with van der Waals surface area (Å²) in [5.74, 6) is 0.223. The molecule has 176 valence electrons. The standard InChI is InChI=1S/C23H21F3N6O2/c1-31-7-8-33-17(10-31)19-29-30-20(34-19)21-11-22(21,23(24,25)26)13-32(12-21)16-5-4-14(9-27)18-15(16)3-2-6-28-18/h2-6,17H,7-8,10-13H2,1H3/t17-,21-,22-/m0/s1. The predicted molar refractivity (Wildman–Crippen MR) is 114 cm³/mol. The zero-order chi connectivity index (χ0) is 23.7. The molecule has 0 unspecified atom stereocenters. The summed E-state index contributed by atoms with van der Waals surface area (Å²) < 4.78 is 54.9. The fourth-order valence-electron chi connectivity index (χ4n) is 5.58. The van der Waals surface area contributed by atoms with Gasteiger partial charge in [-0.3, -0.25) is 4.98 Å². The molecule has 0 radical (unpaired) electrons. The summed E-state index contributed by atoms with van der Waals surface area (Å²) >= 11 is 0. The zero-order valence-electron chi connectivity index (χ0n) is 18.3. The van der Waals surface area contributed by atoms with Crippen LogP contribution in [0.4, 0.5) is 18.9 Å². The van der Waals surface area contributed by atoms with Crippen molar-refractivity contribution in [1.82, 2.24) is 20.1 Å². The number of benzene rings is 1. The van der Waals surface area contributed by atoms with E-state index in [1.165, 1.54) is 0 Å². The number of ether oxygens (including phenoxy) is 1. The third-order valence-corrected chi connectivity index (χ3v) is 7.46. The lowest BCUT2D eigenvalue weighted by atomic mass is 9.95. The highest BCUT2D eigenvalue weighted by atomic mass is 19.4. The van der Waals surface area contributed by atoms with E-state index in [1.54, 1.807) is 35.4 Å². The number of piperidine rings is 1. The molecule has 3 atom stereocenters. The number of morpholine rings is 1. The third-order valence-electron chi connectivity index (χ3n) is 7.46. The number of nitriles is 1. The Balaban J connectivity index is 1.39. The van der Waals surface area contributed by atoms with Crippen molar-refractivity contribution in [2.24, 2.45) is 5.41 Å². The molecule has 1 aromatic carbocycles. The van der Waals surface area contributed by atoms with Crippen LogP contribution in [0.2, 0.25) is 0 Å². The first-order valence-electron chi connectivity index (χ1n) is 11.0. The minimum Gasteiger partial charge on any atom is -0.422 e. The molecule has 2 aromatic heterocycles. The van der Waals surface area contributed by atoms with Gasteiger partial charge in [-0.15, -0.1) is 10.2 Å². The SMILES string of the molecule is CN1CCO[C@H](c2nnc([C@]34CN(c5ccc(C#N)c6ncccc56)C[C@@]3(C(F)(F)F)C4)o2)C1. The minimum absolute atomic E-state index is 0.00947. The summed E-state index contributed by atoms with van der Waals surface area (Å²) in [6.45, 7) is 1.64. The number of nitrogens with zero attached hydrogens (tertiary/aromatic N) is 6. The Morgan fingerprint density at radius 2 is 2.06 bits per heavy atom. The molecule has 3 aliphatic rings. The van der Waals surface area contributed by atoms with E-state index in [0.29, 0.717) is 35.3 Å². The lowest BCUT2D eigenvalue weighted by Gasteiger charge is -2.27. The third kappa shape index (κ3) is 2.88. The average molecular weight is 470 g/mol. The summed E-state index contributed by atoms with van der Waals surface area (Å²) in [6, 6.07) is 8.88. The van der Waals surface area contributed by atoms with Crippen molar-refractivity contribution in [1.29, 1.82) is 5.26 Å². The van der Waals surface area contributed by atoms with Gasteiger partial charge < -0.3 is 19.0 Å². The second-order valence-electron chi connectivity index (χ2n) is 9.41. The fraction of sp³-hybridized carbons (Fsp3) is 0.478. The van der Waals surface area contributed by atoms with E-state index < -0.39 is 23.1 Å². The molecule has 0 bridgehead atoms. The lowest BCUT2D eigenvalue weighted by Crippen LogP contribution is -2.35. The van der Waals surface area contributed by atoms with E-state index >= 15 is 0 Å². The van der Waals surface area contributed by atoms with Gasteiger partial charge in [-0.2, -0.15) is 18.4 Å². The number of halogens is 3. The summed E-state index contributed by atoms with van der Waals surface area (Å²) in [4.78, 5) is 8.04. The molecule has 1 saturated carbocycles. The molecule has 0 N–H and O–H groups in total. The Morgan fingerprint density at radius 1 is 1.21 bits per heavy atom. The topological polar surface area (TPSA) is 91.3 Å². The van der Waals surface area contributed by atoms with Crippen LogP contribution >= 0.6 is 0 Å². The van der Waals surface area contributed by atoms with Crippen LogP contribution in [-0.4, -0.2) is 66.1 Å². The summed E-state index contributed by atoms with van der Waals surface area (Å²) in [6.07, 6.45) is -3.43. The van der Waals surface area contributed by atoms with Gasteiger partial charge in [0.15, 0.2) is 0 Å². The smallest absolute Gasteiger partial charge is 0.397 e. The van der Waals surface area contributed by atoms with Crippen molar-refractivity contribution in [2.45, 2.75) is 24.1 Å². The van der Waals surface area contributed by atoms with Gasteiger partial charge in [0.25, 0.3) is 0 Å². The van der Waals surface area contributed by atoms with Crippen LogP contribution < -0.4 is 4.90 Å². The number of likely N-dealkylation sites (N-methyl/N-ethyl adjacent to an activating group) is 1. The van der Waals surface area contributed by atoms with Crippen LogP contribution in [-0.2, 0) is 10.2 Å². The Bertz CT molecular complexity index is 1320. The van der Waals surface area contributed by atoms with Gasteiger partial charge in [0.2, 0.25) is 11.8 Å². The van der Waals surface area contributed by atoms with Crippen molar-refractivity contribution >= 4 is 16.6 Å². The Hall–Kier alpha value is -3.23. The molecule has 34 heavy (non-hydrogen) atoms. The van der Waals surface area contributed by atoms with Crippen molar-refractivity contribution < 1.29 is 22.3 Å². The Kier molecular flexibility index (Phi) is 4.47. The molecule has 1 aliphatic carbocycles. The van der Waals surface area contributed by atoms with Crippen molar-refractivity contribution in [3.8, 4) is 6.07 Å². The highest BCUT2D eigenvalue weighted by Gasteiger charge is 2.86. The molecule has 2 saturated heterocycles. The van der Waals surface area contributed by atoms with Crippen molar-refractivity contribution in [3.05, 3.63) is 47.8 Å². The molecule has 4 heterocycles. The molecular weight excluding hydrogens is 449 g/mol. The van der Waals surface area contributed by atoms with Crippen LogP contribution in [0.5, 0.6) is 0 Å². The molecule has 0 spiro atoms. The maximum absolute atomic E-state index is 14.4. The lowest BCUT2D eigenvalue weighted by molar-refractivity contribution is -0.187. The average Bonchev–Trinajstić information content (AvgIpc) is 3.14. The van der Waals surface area contributed by atoms with Gasteiger partial charge in [0.05, 0.1) is 23.1 Å².